The lowest BCUT2D eigenvalue weighted by molar-refractivity contribution is 0.0962. The van der Waals surface area contributed by atoms with Gasteiger partial charge in [0.05, 0.1) is 10.7 Å². The van der Waals surface area contributed by atoms with Gasteiger partial charge in [-0.15, -0.1) is 0 Å². The minimum absolute atomic E-state index is 0.294. The van der Waals surface area contributed by atoms with Crippen molar-refractivity contribution in [3.63, 3.8) is 0 Å². The van der Waals surface area contributed by atoms with E-state index in [1.54, 1.807) is 0 Å². The molecule has 3 unspecified atom stereocenters. The van der Waals surface area contributed by atoms with Gasteiger partial charge in [-0.25, -0.2) is 4.98 Å². The van der Waals surface area contributed by atoms with Crippen LogP contribution >= 0.6 is 11.6 Å². The van der Waals surface area contributed by atoms with Crippen LogP contribution in [0.1, 0.15) is 38.8 Å². The highest BCUT2D eigenvalue weighted by molar-refractivity contribution is 6.31. The van der Waals surface area contributed by atoms with E-state index in [2.05, 4.69) is 24.1 Å². The lowest BCUT2D eigenvalue weighted by atomic mass is 9.80. The minimum atomic E-state index is 0.294. The number of rotatable bonds is 4. The van der Waals surface area contributed by atoms with Gasteiger partial charge in [0, 0.05) is 12.6 Å². The second-order valence-corrected chi connectivity index (χ2v) is 6.02. The van der Waals surface area contributed by atoms with Crippen molar-refractivity contribution < 1.29 is 4.74 Å². The van der Waals surface area contributed by atoms with Gasteiger partial charge in [0.15, 0.2) is 0 Å². The average molecular weight is 283 g/mol. The molecule has 0 bridgehead atoms. The fraction of sp³-hybridized carbons (Fsp3) is 0.667. The van der Waals surface area contributed by atoms with E-state index in [-0.39, 0.29) is 0 Å². The maximum absolute atomic E-state index is 6.10. The van der Waals surface area contributed by atoms with Crippen LogP contribution in [0.5, 0.6) is 5.88 Å². The van der Waals surface area contributed by atoms with Crippen LogP contribution in [0, 0.1) is 11.8 Å². The van der Waals surface area contributed by atoms with E-state index < -0.39 is 0 Å². The molecule has 0 saturated heterocycles. The van der Waals surface area contributed by atoms with Crippen molar-refractivity contribution in [3.8, 4) is 5.88 Å². The van der Waals surface area contributed by atoms with Gasteiger partial charge in [-0.2, -0.15) is 0 Å². The first-order valence-corrected chi connectivity index (χ1v) is 7.44. The van der Waals surface area contributed by atoms with Crippen molar-refractivity contribution in [3.05, 3.63) is 22.8 Å². The fourth-order valence-electron chi connectivity index (χ4n) is 2.60. The molecule has 2 rings (SSSR count). The van der Waals surface area contributed by atoms with E-state index in [1.165, 1.54) is 6.42 Å². The molecular formula is C15H23ClN2O. The molecule has 1 aliphatic rings. The Morgan fingerprint density at radius 3 is 2.79 bits per heavy atom. The molecule has 0 aromatic carbocycles. The lowest BCUT2D eigenvalue weighted by Gasteiger charge is -2.32. The molecule has 0 spiro atoms. The highest BCUT2D eigenvalue weighted by atomic mass is 35.5. The molecule has 1 saturated carbocycles. The Bertz CT molecular complexity index is 425. The smallest absolute Gasteiger partial charge is 0.213 e. The van der Waals surface area contributed by atoms with Crippen molar-refractivity contribution in [2.24, 2.45) is 11.8 Å². The largest absolute Gasteiger partial charge is 0.474 e. The molecule has 4 heteroatoms. The van der Waals surface area contributed by atoms with Crippen LogP contribution in [-0.2, 0) is 6.54 Å². The zero-order valence-electron chi connectivity index (χ0n) is 11.9. The van der Waals surface area contributed by atoms with Crippen molar-refractivity contribution >= 4 is 11.6 Å². The number of halogens is 1. The van der Waals surface area contributed by atoms with Crippen LogP contribution in [-0.4, -0.2) is 18.1 Å². The van der Waals surface area contributed by atoms with Crippen LogP contribution in [0.2, 0.25) is 5.02 Å². The zero-order valence-corrected chi connectivity index (χ0v) is 12.7. The van der Waals surface area contributed by atoms with Gasteiger partial charge in [0.25, 0.3) is 0 Å². The third-order valence-electron chi connectivity index (χ3n) is 4.07. The zero-order chi connectivity index (χ0) is 13.8. The fourth-order valence-corrected chi connectivity index (χ4v) is 2.77. The van der Waals surface area contributed by atoms with E-state index in [0.29, 0.717) is 23.6 Å². The number of ether oxygens (including phenoxy) is 1. The Balaban J connectivity index is 2.01. The molecule has 1 aliphatic carbocycles. The number of pyridine rings is 1. The standard InChI is InChI=1S/C15H23ClN2O/c1-10-4-5-12(8-11(10)2)19-15-7-6-13(16)14(18-15)9-17-3/h6-7,10-12,17H,4-5,8-9H2,1-3H3. The van der Waals surface area contributed by atoms with Crippen LogP contribution in [0.3, 0.4) is 0 Å². The molecule has 19 heavy (non-hydrogen) atoms. The Morgan fingerprint density at radius 1 is 1.32 bits per heavy atom. The summed E-state index contributed by atoms with van der Waals surface area (Å²) in [5.41, 5.74) is 0.846. The SMILES string of the molecule is CNCc1nc(OC2CCC(C)C(C)C2)ccc1Cl. The molecule has 3 nitrogen and oxygen atoms in total. The Hall–Kier alpha value is -0.800. The van der Waals surface area contributed by atoms with Crippen molar-refractivity contribution in [1.29, 1.82) is 0 Å². The molecule has 1 N–H and O–H groups in total. The number of hydrogen-bond acceptors (Lipinski definition) is 3. The van der Waals surface area contributed by atoms with E-state index in [1.807, 2.05) is 19.2 Å². The second-order valence-electron chi connectivity index (χ2n) is 5.62. The summed E-state index contributed by atoms with van der Waals surface area (Å²) in [7, 11) is 1.88. The predicted molar refractivity (Wildman–Crippen MR) is 78.6 cm³/mol. The third kappa shape index (κ3) is 3.83. The Morgan fingerprint density at radius 2 is 2.11 bits per heavy atom. The minimum Gasteiger partial charge on any atom is -0.474 e. The van der Waals surface area contributed by atoms with Gasteiger partial charge >= 0.3 is 0 Å². The molecule has 3 atom stereocenters. The Labute approximate surface area is 120 Å². The quantitative estimate of drug-likeness (QED) is 0.915. The molecule has 1 aromatic rings. The summed E-state index contributed by atoms with van der Waals surface area (Å²) >= 11 is 6.10. The monoisotopic (exact) mass is 282 g/mol. The molecule has 0 amide bonds. The Kier molecular flexibility index (Phi) is 5.06. The summed E-state index contributed by atoms with van der Waals surface area (Å²) in [6, 6.07) is 3.73. The number of hydrogen-bond donors (Lipinski definition) is 1. The maximum Gasteiger partial charge on any atom is 0.213 e. The van der Waals surface area contributed by atoms with E-state index in [0.717, 1.165) is 30.4 Å². The average Bonchev–Trinajstić information content (AvgIpc) is 2.38. The summed E-state index contributed by atoms with van der Waals surface area (Å²) < 4.78 is 6.02. The number of nitrogens with zero attached hydrogens (tertiary/aromatic N) is 1. The summed E-state index contributed by atoms with van der Waals surface area (Å²) in [5.74, 6) is 2.22. The molecule has 1 heterocycles. The first-order valence-electron chi connectivity index (χ1n) is 7.06. The molecule has 0 radical (unpaired) electrons. The highest BCUT2D eigenvalue weighted by Crippen LogP contribution is 2.31. The van der Waals surface area contributed by atoms with Crippen LogP contribution in [0.4, 0.5) is 0 Å². The summed E-state index contributed by atoms with van der Waals surface area (Å²) in [5, 5.41) is 3.75. The van der Waals surface area contributed by atoms with Crippen LogP contribution in [0.25, 0.3) is 0 Å². The third-order valence-corrected chi connectivity index (χ3v) is 4.42. The predicted octanol–water partition coefficient (Wildman–Crippen LogP) is 3.66. The molecule has 1 fully saturated rings. The van der Waals surface area contributed by atoms with Gasteiger partial charge in [-0.1, -0.05) is 25.4 Å². The molecule has 0 aliphatic heterocycles. The molecule has 106 valence electrons. The van der Waals surface area contributed by atoms with E-state index in [9.17, 15) is 0 Å². The number of aromatic nitrogens is 1. The highest BCUT2D eigenvalue weighted by Gasteiger charge is 2.26. The van der Waals surface area contributed by atoms with Crippen molar-refractivity contribution in [2.45, 2.75) is 45.8 Å². The van der Waals surface area contributed by atoms with Crippen molar-refractivity contribution in [2.75, 3.05) is 7.05 Å². The summed E-state index contributed by atoms with van der Waals surface area (Å²) in [6.07, 6.45) is 3.77. The van der Waals surface area contributed by atoms with Gasteiger partial charge in [-0.3, -0.25) is 0 Å². The van der Waals surface area contributed by atoms with Crippen LogP contribution in [0.15, 0.2) is 12.1 Å². The maximum atomic E-state index is 6.10. The lowest BCUT2D eigenvalue weighted by Crippen LogP contribution is -2.29. The number of nitrogens with one attached hydrogen (secondary N) is 1. The molecular weight excluding hydrogens is 260 g/mol. The topological polar surface area (TPSA) is 34.2 Å². The van der Waals surface area contributed by atoms with Crippen LogP contribution < -0.4 is 10.1 Å². The van der Waals surface area contributed by atoms with Crippen molar-refractivity contribution in [1.82, 2.24) is 10.3 Å². The van der Waals surface area contributed by atoms with Gasteiger partial charge in [0.2, 0.25) is 5.88 Å². The second kappa shape index (κ2) is 6.58. The first kappa shape index (κ1) is 14.6. The summed E-state index contributed by atoms with van der Waals surface area (Å²) in [4.78, 5) is 4.48. The molecule has 1 aromatic heterocycles. The summed E-state index contributed by atoms with van der Waals surface area (Å²) in [6.45, 7) is 5.29. The van der Waals surface area contributed by atoms with Gasteiger partial charge in [0.1, 0.15) is 6.10 Å². The first-order chi connectivity index (χ1) is 9.10. The van der Waals surface area contributed by atoms with E-state index >= 15 is 0 Å². The van der Waals surface area contributed by atoms with E-state index in [4.69, 9.17) is 16.3 Å². The van der Waals surface area contributed by atoms with Gasteiger partial charge in [-0.05, 0) is 44.2 Å². The normalized spacial score (nSPS) is 27.3. The van der Waals surface area contributed by atoms with Gasteiger partial charge < -0.3 is 10.1 Å².